The van der Waals surface area contributed by atoms with Crippen LogP contribution in [0, 0.1) is 0 Å². The number of hydrogen-bond acceptors (Lipinski definition) is 4. The van der Waals surface area contributed by atoms with Crippen LogP contribution in [0.2, 0.25) is 0 Å². The van der Waals surface area contributed by atoms with Crippen molar-refractivity contribution in [1.82, 2.24) is 10.6 Å². The molecule has 104 valence electrons. The van der Waals surface area contributed by atoms with Gasteiger partial charge < -0.3 is 15.4 Å². The van der Waals surface area contributed by atoms with Gasteiger partial charge in [0.2, 0.25) is 0 Å². The molecule has 1 atom stereocenters. The van der Waals surface area contributed by atoms with Gasteiger partial charge in [0.05, 0.1) is 6.54 Å². The van der Waals surface area contributed by atoms with Gasteiger partial charge >= 0.3 is 6.61 Å². The van der Waals surface area contributed by atoms with Gasteiger partial charge in [-0.05, 0) is 25.0 Å². The van der Waals surface area contributed by atoms with Crippen molar-refractivity contribution in [2.45, 2.75) is 26.0 Å². The zero-order valence-electron chi connectivity index (χ0n) is 10.7. The quantitative estimate of drug-likeness (QED) is 0.856. The van der Waals surface area contributed by atoms with Crippen molar-refractivity contribution in [2.75, 3.05) is 13.1 Å². The summed E-state index contributed by atoms with van der Waals surface area (Å²) in [4.78, 5) is 4.26. The Balaban J connectivity index is 1.85. The highest BCUT2D eigenvalue weighted by Gasteiger charge is 2.12. The molecule has 1 heterocycles. The fourth-order valence-electron chi connectivity index (χ4n) is 1.90. The Morgan fingerprint density at radius 3 is 2.95 bits per heavy atom. The van der Waals surface area contributed by atoms with E-state index in [1.165, 1.54) is 0 Å². The number of alkyl halides is 2. The average Bonchev–Trinajstić information content (AvgIpc) is 2.77. The molecule has 2 N–H and O–H groups in total. The molecule has 0 fully saturated rings. The third kappa shape index (κ3) is 4.08. The Kier molecular flexibility index (Phi) is 4.54. The van der Waals surface area contributed by atoms with Crippen LogP contribution in [-0.4, -0.2) is 31.7 Å². The van der Waals surface area contributed by atoms with E-state index in [1.807, 2.05) is 6.92 Å². The van der Waals surface area contributed by atoms with Crippen LogP contribution in [0.25, 0.3) is 0 Å². The predicted octanol–water partition coefficient (Wildman–Crippen LogP) is 1.77. The Bertz CT molecular complexity index is 451. The molecule has 1 unspecified atom stereocenters. The Labute approximate surface area is 110 Å². The van der Waals surface area contributed by atoms with E-state index in [4.69, 9.17) is 0 Å². The molecule has 1 aromatic carbocycles. The summed E-state index contributed by atoms with van der Waals surface area (Å²) < 4.78 is 29.0. The molecular formula is C13H17F2N3O. The number of hydrogen-bond donors (Lipinski definition) is 2. The highest BCUT2D eigenvalue weighted by atomic mass is 19.3. The summed E-state index contributed by atoms with van der Waals surface area (Å²) in [6.07, 6.45) is 0.595. The molecule has 0 saturated heterocycles. The van der Waals surface area contributed by atoms with E-state index in [-0.39, 0.29) is 5.75 Å². The first-order valence-electron chi connectivity index (χ1n) is 6.22. The van der Waals surface area contributed by atoms with Gasteiger partial charge in [-0.25, -0.2) is 0 Å². The second-order valence-corrected chi connectivity index (χ2v) is 4.40. The largest absolute Gasteiger partial charge is 0.435 e. The number of halogens is 2. The number of rotatable bonds is 5. The Morgan fingerprint density at radius 1 is 1.47 bits per heavy atom. The predicted molar refractivity (Wildman–Crippen MR) is 69.7 cm³/mol. The molecule has 4 nitrogen and oxygen atoms in total. The minimum Gasteiger partial charge on any atom is -0.435 e. The van der Waals surface area contributed by atoms with E-state index in [0.29, 0.717) is 19.0 Å². The third-order valence-corrected chi connectivity index (χ3v) is 2.78. The van der Waals surface area contributed by atoms with Crippen LogP contribution >= 0.6 is 0 Å². The molecule has 0 spiro atoms. The SMILES string of the molecule is CC1CN=C(NCCc2ccccc2OC(F)F)N1. The van der Waals surface area contributed by atoms with Gasteiger partial charge in [-0.15, -0.1) is 0 Å². The summed E-state index contributed by atoms with van der Waals surface area (Å²) in [5.41, 5.74) is 0.752. The second kappa shape index (κ2) is 6.36. The molecule has 0 aromatic heterocycles. The van der Waals surface area contributed by atoms with E-state index >= 15 is 0 Å². The number of nitrogens with one attached hydrogen (secondary N) is 2. The lowest BCUT2D eigenvalue weighted by atomic mass is 10.1. The van der Waals surface area contributed by atoms with Crippen molar-refractivity contribution < 1.29 is 13.5 Å². The number of para-hydroxylation sites is 1. The Morgan fingerprint density at radius 2 is 2.26 bits per heavy atom. The molecule has 1 aliphatic rings. The summed E-state index contributed by atoms with van der Waals surface area (Å²) in [5, 5.41) is 6.31. The first kappa shape index (κ1) is 13.6. The van der Waals surface area contributed by atoms with E-state index in [0.717, 1.165) is 18.1 Å². The summed E-state index contributed by atoms with van der Waals surface area (Å²) in [6.45, 7) is 0.621. The first-order chi connectivity index (χ1) is 9.15. The van der Waals surface area contributed by atoms with Crippen molar-refractivity contribution in [1.29, 1.82) is 0 Å². The minimum absolute atomic E-state index is 0.231. The van der Waals surface area contributed by atoms with Crippen molar-refractivity contribution >= 4 is 5.96 Å². The van der Waals surface area contributed by atoms with Crippen molar-refractivity contribution in [3.63, 3.8) is 0 Å². The highest BCUT2D eigenvalue weighted by Crippen LogP contribution is 2.20. The molecule has 0 bridgehead atoms. The van der Waals surface area contributed by atoms with E-state index in [9.17, 15) is 8.78 Å². The van der Waals surface area contributed by atoms with E-state index in [2.05, 4.69) is 20.4 Å². The maximum absolute atomic E-state index is 12.2. The standard InChI is InChI=1S/C13H17F2N3O/c1-9-8-17-13(18-9)16-7-6-10-4-2-3-5-11(10)19-12(14)15/h2-5,9,12H,6-8H2,1H3,(H2,16,17,18). The smallest absolute Gasteiger partial charge is 0.387 e. The molecular weight excluding hydrogens is 252 g/mol. The van der Waals surface area contributed by atoms with Crippen LogP contribution in [-0.2, 0) is 6.42 Å². The number of guanidine groups is 1. The van der Waals surface area contributed by atoms with Crippen LogP contribution in [0.1, 0.15) is 12.5 Å². The molecule has 19 heavy (non-hydrogen) atoms. The number of nitrogens with zero attached hydrogens (tertiary/aromatic N) is 1. The van der Waals surface area contributed by atoms with E-state index in [1.54, 1.807) is 24.3 Å². The average molecular weight is 269 g/mol. The van der Waals surface area contributed by atoms with Gasteiger partial charge in [0.15, 0.2) is 5.96 Å². The van der Waals surface area contributed by atoms with Crippen LogP contribution in [0.5, 0.6) is 5.75 Å². The molecule has 1 aromatic rings. The van der Waals surface area contributed by atoms with Gasteiger partial charge in [-0.1, -0.05) is 18.2 Å². The molecule has 0 amide bonds. The fraction of sp³-hybridized carbons (Fsp3) is 0.462. The number of benzene rings is 1. The first-order valence-corrected chi connectivity index (χ1v) is 6.22. The molecule has 0 radical (unpaired) electrons. The van der Waals surface area contributed by atoms with Crippen LogP contribution in [0.4, 0.5) is 8.78 Å². The summed E-state index contributed by atoms with van der Waals surface area (Å²) in [6, 6.07) is 7.16. The van der Waals surface area contributed by atoms with Crippen molar-refractivity contribution in [3.05, 3.63) is 29.8 Å². The maximum Gasteiger partial charge on any atom is 0.387 e. The Hall–Kier alpha value is -1.85. The zero-order chi connectivity index (χ0) is 13.7. The van der Waals surface area contributed by atoms with E-state index < -0.39 is 6.61 Å². The molecule has 6 heteroatoms. The normalized spacial score (nSPS) is 18.1. The van der Waals surface area contributed by atoms with Crippen LogP contribution in [0.3, 0.4) is 0 Å². The zero-order valence-corrected chi connectivity index (χ0v) is 10.7. The highest BCUT2D eigenvalue weighted by molar-refractivity contribution is 5.81. The summed E-state index contributed by atoms with van der Waals surface area (Å²) in [5.74, 6) is 0.994. The lowest BCUT2D eigenvalue weighted by molar-refractivity contribution is -0.0504. The molecule has 0 saturated carbocycles. The molecule has 1 aliphatic heterocycles. The van der Waals surface area contributed by atoms with Gasteiger partial charge in [-0.3, -0.25) is 4.99 Å². The monoisotopic (exact) mass is 269 g/mol. The maximum atomic E-state index is 12.2. The number of ether oxygens (including phenoxy) is 1. The lowest BCUT2D eigenvalue weighted by Crippen LogP contribution is -2.38. The molecule has 2 rings (SSSR count). The second-order valence-electron chi connectivity index (χ2n) is 4.40. The summed E-state index contributed by atoms with van der Waals surface area (Å²) in [7, 11) is 0. The van der Waals surface area contributed by atoms with Crippen LogP contribution in [0.15, 0.2) is 29.3 Å². The summed E-state index contributed by atoms with van der Waals surface area (Å²) >= 11 is 0. The van der Waals surface area contributed by atoms with Gasteiger partial charge in [-0.2, -0.15) is 8.78 Å². The third-order valence-electron chi connectivity index (χ3n) is 2.78. The van der Waals surface area contributed by atoms with Crippen LogP contribution < -0.4 is 15.4 Å². The van der Waals surface area contributed by atoms with Crippen molar-refractivity contribution in [2.24, 2.45) is 4.99 Å². The van der Waals surface area contributed by atoms with Crippen molar-refractivity contribution in [3.8, 4) is 5.75 Å². The lowest BCUT2D eigenvalue weighted by Gasteiger charge is -2.12. The number of aliphatic imine (C=N–C) groups is 1. The topological polar surface area (TPSA) is 45.7 Å². The van der Waals surface area contributed by atoms with Gasteiger partial charge in [0.1, 0.15) is 5.75 Å². The molecule has 0 aliphatic carbocycles. The fourth-order valence-corrected chi connectivity index (χ4v) is 1.90. The van der Waals surface area contributed by atoms with Gasteiger partial charge in [0.25, 0.3) is 0 Å². The van der Waals surface area contributed by atoms with Gasteiger partial charge in [0, 0.05) is 12.6 Å². The minimum atomic E-state index is -2.80.